The number of nitrogens with two attached hydrogens (primary N) is 2. The van der Waals surface area contributed by atoms with Crippen molar-refractivity contribution in [2.75, 3.05) is 7.05 Å². The average Bonchev–Trinajstić information content (AvgIpc) is 2.40. The predicted molar refractivity (Wildman–Crippen MR) is 36.3 cm³/mol. The van der Waals surface area contributed by atoms with E-state index in [1.165, 1.54) is 18.0 Å². The normalized spacial score (nSPS) is 20.0. The van der Waals surface area contributed by atoms with Gasteiger partial charge in [-0.1, -0.05) is 0 Å². The van der Waals surface area contributed by atoms with E-state index < -0.39 is 0 Å². The number of hydrogen-bond donors (Lipinski definition) is 2. The molecule has 4 N–H and O–H groups in total. The fourth-order valence-electron chi connectivity index (χ4n) is 0.643. The summed E-state index contributed by atoms with van der Waals surface area (Å²) in [6.45, 7) is 0. The van der Waals surface area contributed by atoms with Crippen molar-refractivity contribution in [3.05, 3.63) is 0 Å². The maximum atomic E-state index is 5.51. The van der Waals surface area contributed by atoms with E-state index in [0.29, 0.717) is 11.8 Å². The fourth-order valence-corrected chi connectivity index (χ4v) is 0.643. The zero-order valence-corrected chi connectivity index (χ0v) is 5.54. The molecule has 0 aromatic rings. The van der Waals surface area contributed by atoms with Gasteiger partial charge in [-0.2, -0.15) is 0 Å². The van der Waals surface area contributed by atoms with Crippen LogP contribution >= 0.6 is 0 Å². The maximum Gasteiger partial charge on any atom is 0.124 e. The zero-order valence-electron chi connectivity index (χ0n) is 5.54. The van der Waals surface area contributed by atoms with Crippen LogP contribution in [0.2, 0.25) is 0 Å². The van der Waals surface area contributed by atoms with Gasteiger partial charge < -0.3 is 5.73 Å². The Kier molecular flexibility index (Phi) is 1.57. The van der Waals surface area contributed by atoms with E-state index in [1.54, 1.807) is 7.05 Å². The third kappa shape index (κ3) is 1.89. The molecule has 0 aromatic heterocycles. The van der Waals surface area contributed by atoms with Gasteiger partial charge in [-0.15, -0.1) is 5.10 Å². The van der Waals surface area contributed by atoms with Gasteiger partial charge in [0.2, 0.25) is 0 Å². The summed E-state index contributed by atoms with van der Waals surface area (Å²) in [7, 11) is 1.66. The number of hydrazine groups is 1. The third-order valence-electron chi connectivity index (χ3n) is 1.27. The summed E-state index contributed by atoms with van der Waals surface area (Å²) in [5.41, 5.74) is 5.51. The Morgan fingerprint density at radius 3 is 2.56 bits per heavy atom. The Hall–Kier alpha value is -0.770. The molecule has 0 unspecified atom stereocenters. The van der Waals surface area contributed by atoms with Crippen molar-refractivity contribution in [2.24, 2.45) is 22.6 Å². The van der Waals surface area contributed by atoms with Gasteiger partial charge in [0.25, 0.3) is 0 Å². The monoisotopic (exact) mass is 128 g/mol. The van der Waals surface area contributed by atoms with Crippen LogP contribution in [-0.4, -0.2) is 18.0 Å². The Morgan fingerprint density at radius 2 is 2.22 bits per heavy atom. The van der Waals surface area contributed by atoms with Crippen molar-refractivity contribution in [2.45, 2.75) is 12.8 Å². The van der Waals surface area contributed by atoms with Gasteiger partial charge in [-0.3, -0.25) is 0 Å². The molecule has 0 aromatic carbocycles. The number of hydrogen-bond acceptors (Lipinski definition) is 3. The minimum Gasteiger partial charge on any atom is -0.385 e. The van der Waals surface area contributed by atoms with Gasteiger partial charge >= 0.3 is 0 Å². The van der Waals surface area contributed by atoms with Crippen LogP contribution < -0.4 is 11.6 Å². The van der Waals surface area contributed by atoms with Crippen molar-refractivity contribution in [1.29, 1.82) is 0 Å². The molecule has 1 aliphatic rings. The Bertz CT molecular complexity index is 125. The minimum atomic E-state index is 0.510. The maximum absolute atomic E-state index is 5.51. The molecule has 1 fully saturated rings. The molecule has 1 saturated carbocycles. The van der Waals surface area contributed by atoms with E-state index in [1.807, 2.05) is 0 Å². The van der Waals surface area contributed by atoms with E-state index in [-0.39, 0.29) is 0 Å². The van der Waals surface area contributed by atoms with E-state index in [4.69, 9.17) is 11.6 Å². The third-order valence-corrected chi connectivity index (χ3v) is 1.27. The summed E-state index contributed by atoms with van der Waals surface area (Å²) in [6, 6.07) is 0. The molecule has 9 heavy (non-hydrogen) atoms. The number of hydrazone groups is 1. The molecule has 52 valence electrons. The molecular weight excluding hydrogens is 116 g/mol. The molecule has 4 heteroatoms. The molecule has 0 amide bonds. The van der Waals surface area contributed by atoms with Gasteiger partial charge in [-0.05, 0) is 12.8 Å². The average molecular weight is 128 g/mol. The topological polar surface area (TPSA) is 67.6 Å². The van der Waals surface area contributed by atoms with Crippen LogP contribution in [0, 0.1) is 5.92 Å². The van der Waals surface area contributed by atoms with Crippen molar-refractivity contribution >= 4 is 5.84 Å². The van der Waals surface area contributed by atoms with Crippen LogP contribution in [0.3, 0.4) is 0 Å². The molecule has 0 radical (unpaired) electrons. The highest BCUT2D eigenvalue weighted by Gasteiger charge is 2.25. The van der Waals surface area contributed by atoms with Gasteiger partial charge in [0, 0.05) is 13.0 Å². The lowest BCUT2D eigenvalue weighted by Crippen LogP contribution is -2.25. The summed E-state index contributed by atoms with van der Waals surface area (Å²) < 4.78 is 0. The molecule has 0 atom stereocenters. The van der Waals surface area contributed by atoms with Crippen LogP contribution in [0.4, 0.5) is 0 Å². The predicted octanol–water partition coefficient (Wildman–Crippen LogP) is -0.526. The Balaban J connectivity index is 2.37. The second-order valence-corrected chi connectivity index (χ2v) is 2.37. The largest absolute Gasteiger partial charge is 0.385 e. The standard InChI is InChI=1S/C5H12N4/c1-9(7)8-5(6)4-2-3-4/h4H,2-3,7H2,1H3,(H2,6,8). The van der Waals surface area contributed by atoms with E-state index in [0.717, 1.165) is 0 Å². The van der Waals surface area contributed by atoms with Gasteiger partial charge in [0.1, 0.15) is 5.84 Å². The van der Waals surface area contributed by atoms with Crippen LogP contribution in [0.5, 0.6) is 0 Å². The summed E-state index contributed by atoms with van der Waals surface area (Å²) in [5, 5.41) is 5.09. The molecule has 1 rings (SSSR count). The molecule has 0 aliphatic heterocycles. The number of rotatable bonds is 2. The lowest BCUT2D eigenvalue weighted by Gasteiger charge is -2.04. The first-order valence-electron chi connectivity index (χ1n) is 3.02. The summed E-state index contributed by atoms with van der Waals surface area (Å²) in [5.74, 6) is 6.40. The molecule has 1 aliphatic carbocycles. The fraction of sp³-hybridized carbons (Fsp3) is 0.800. The van der Waals surface area contributed by atoms with Gasteiger partial charge in [-0.25, -0.2) is 11.0 Å². The first kappa shape index (κ1) is 6.35. The first-order valence-corrected chi connectivity index (χ1v) is 3.02. The van der Waals surface area contributed by atoms with Gasteiger partial charge in [0.05, 0.1) is 0 Å². The molecule has 0 saturated heterocycles. The first-order chi connectivity index (χ1) is 4.20. The highest BCUT2D eigenvalue weighted by Crippen LogP contribution is 2.28. The van der Waals surface area contributed by atoms with E-state index in [2.05, 4.69) is 5.10 Å². The lowest BCUT2D eigenvalue weighted by molar-refractivity contribution is 0.370. The number of nitrogens with zero attached hydrogens (tertiary/aromatic N) is 2. The second kappa shape index (κ2) is 2.23. The van der Waals surface area contributed by atoms with Crippen LogP contribution in [0.25, 0.3) is 0 Å². The van der Waals surface area contributed by atoms with Crippen molar-refractivity contribution in [3.63, 3.8) is 0 Å². The lowest BCUT2D eigenvalue weighted by atomic mass is 10.4. The quantitative estimate of drug-likeness (QED) is 0.227. The molecule has 0 bridgehead atoms. The molecule has 0 heterocycles. The van der Waals surface area contributed by atoms with Crippen LogP contribution in [-0.2, 0) is 0 Å². The van der Waals surface area contributed by atoms with Crippen LogP contribution in [0.15, 0.2) is 5.10 Å². The zero-order chi connectivity index (χ0) is 6.85. The smallest absolute Gasteiger partial charge is 0.124 e. The van der Waals surface area contributed by atoms with Crippen molar-refractivity contribution in [3.8, 4) is 0 Å². The molecule has 0 spiro atoms. The summed E-state index contributed by atoms with van der Waals surface area (Å²) >= 11 is 0. The molecule has 4 nitrogen and oxygen atoms in total. The van der Waals surface area contributed by atoms with E-state index in [9.17, 15) is 0 Å². The highest BCUT2D eigenvalue weighted by molar-refractivity contribution is 5.84. The Labute approximate surface area is 54.5 Å². The van der Waals surface area contributed by atoms with Gasteiger partial charge in [0.15, 0.2) is 0 Å². The second-order valence-electron chi connectivity index (χ2n) is 2.37. The summed E-state index contributed by atoms with van der Waals surface area (Å²) in [6.07, 6.45) is 2.34. The SMILES string of the molecule is CN(N)/N=C(\N)C1CC1. The summed E-state index contributed by atoms with van der Waals surface area (Å²) in [4.78, 5) is 0. The van der Waals surface area contributed by atoms with Crippen molar-refractivity contribution in [1.82, 2.24) is 5.12 Å². The van der Waals surface area contributed by atoms with Crippen molar-refractivity contribution < 1.29 is 0 Å². The number of amidine groups is 1. The highest BCUT2D eigenvalue weighted by atomic mass is 15.6. The minimum absolute atomic E-state index is 0.510. The Morgan fingerprint density at radius 1 is 1.67 bits per heavy atom. The molecular formula is C5H12N4. The van der Waals surface area contributed by atoms with Crippen LogP contribution in [0.1, 0.15) is 12.8 Å². The van der Waals surface area contributed by atoms with E-state index >= 15 is 0 Å².